The number of allylic oxidation sites excluding steroid dienone is 1. The molecule has 0 heterocycles. The summed E-state index contributed by atoms with van der Waals surface area (Å²) in [4.78, 5) is 0. The minimum atomic E-state index is 0.194. The van der Waals surface area contributed by atoms with Gasteiger partial charge in [-0.05, 0) is 43.2 Å². The minimum Gasteiger partial charge on any atom is -0.271 e. The van der Waals surface area contributed by atoms with Crippen molar-refractivity contribution in [2.24, 2.45) is 5.84 Å². The molecule has 3 N–H and O–H groups in total. The number of rotatable bonds is 4. The van der Waals surface area contributed by atoms with Crippen molar-refractivity contribution >= 4 is 0 Å². The fourth-order valence-electron chi connectivity index (χ4n) is 2.84. The van der Waals surface area contributed by atoms with E-state index in [0.29, 0.717) is 0 Å². The summed E-state index contributed by atoms with van der Waals surface area (Å²) >= 11 is 0. The van der Waals surface area contributed by atoms with Gasteiger partial charge in [0.2, 0.25) is 0 Å². The number of hydrogen-bond donors (Lipinski definition) is 2. The van der Waals surface area contributed by atoms with Crippen molar-refractivity contribution in [2.75, 3.05) is 0 Å². The molecule has 2 heteroatoms. The number of hydrogen-bond acceptors (Lipinski definition) is 2. The highest BCUT2D eigenvalue weighted by molar-refractivity contribution is 5.35. The van der Waals surface area contributed by atoms with E-state index in [4.69, 9.17) is 5.84 Å². The zero-order valence-corrected chi connectivity index (χ0v) is 11.3. The normalized spacial score (nSPS) is 18.0. The van der Waals surface area contributed by atoms with Crippen LogP contribution in [0.2, 0.25) is 0 Å². The third-order valence-corrected chi connectivity index (χ3v) is 3.86. The maximum absolute atomic E-state index is 5.82. The van der Waals surface area contributed by atoms with Crippen LogP contribution < -0.4 is 11.3 Å². The van der Waals surface area contributed by atoms with Gasteiger partial charge in [-0.25, -0.2) is 5.43 Å². The third kappa shape index (κ3) is 3.01. The monoisotopic (exact) mass is 244 g/mol. The first-order valence-electron chi connectivity index (χ1n) is 7.09. The molecular formula is C16H24N2. The molecule has 1 aliphatic carbocycles. The van der Waals surface area contributed by atoms with Gasteiger partial charge in [0.1, 0.15) is 0 Å². The van der Waals surface area contributed by atoms with Crippen molar-refractivity contribution in [3.05, 3.63) is 47.0 Å². The fourth-order valence-corrected chi connectivity index (χ4v) is 2.84. The molecular weight excluding hydrogens is 220 g/mol. The van der Waals surface area contributed by atoms with Crippen LogP contribution in [0.3, 0.4) is 0 Å². The number of hydrazine groups is 1. The molecule has 0 aromatic heterocycles. The molecule has 1 aromatic rings. The molecule has 2 rings (SSSR count). The Morgan fingerprint density at radius 1 is 1.22 bits per heavy atom. The largest absolute Gasteiger partial charge is 0.271 e. The summed E-state index contributed by atoms with van der Waals surface area (Å²) in [6.45, 7) is 2.20. The Hall–Kier alpha value is -1.12. The van der Waals surface area contributed by atoms with Gasteiger partial charge in [0, 0.05) is 0 Å². The summed E-state index contributed by atoms with van der Waals surface area (Å²) in [5.41, 5.74) is 7.23. The first-order valence-corrected chi connectivity index (χ1v) is 7.09. The summed E-state index contributed by atoms with van der Waals surface area (Å²) in [7, 11) is 0. The molecule has 1 unspecified atom stereocenters. The van der Waals surface area contributed by atoms with E-state index in [1.165, 1.54) is 48.8 Å². The Labute approximate surface area is 110 Å². The van der Waals surface area contributed by atoms with Crippen LogP contribution in [0.4, 0.5) is 0 Å². The van der Waals surface area contributed by atoms with Crippen LogP contribution in [0.15, 0.2) is 35.9 Å². The van der Waals surface area contributed by atoms with Gasteiger partial charge in [-0.2, -0.15) is 0 Å². The first-order chi connectivity index (χ1) is 8.86. The lowest BCUT2D eigenvalue weighted by Crippen LogP contribution is -2.30. The van der Waals surface area contributed by atoms with Crippen molar-refractivity contribution in [3.63, 3.8) is 0 Å². The molecule has 0 saturated carbocycles. The van der Waals surface area contributed by atoms with Crippen molar-refractivity contribution in [2.45, 2.75) is 51.5 Å². The second-order valence-electron chi connectivity index (χ2n) is 5.03. The molecule has 0 saturated heterocycles. The van der Waals surface area contributed by atoms with Crippen LogP contribution in [0.5, 0.6) is 0 Å². The molecule has 0 radical (unpaired) electrons. The van der Waals surface area contributed by atoms with Crippen molar-refractivity contribution in [1.82, 2.24) is 5.43 Å². The Morgan fingerprint density at radius 3 is 2.83 bits per heavy atom. The molecule has 98 valence electrons. The quantitative estimate of drug-likeness (QED) is 0.482. The smallest absolute Gasteiger partial charge is 0.0672 e. The second-order valence-corrected chi connectivity index (χ2v) is 5.03. The number of benzene rings is 1. The summed E-state index contributed by atoms with van der Waals surface area (Å²) < 4.78 is 0. The summed E-state index contributed by atoms with van der Waals surface area (Å²) in [5.74, 6) is 5.82. The number of nitrogens with one attached hydrogen (secondary N) is 1. The van der Waals surface area contributed by atoms with Gasteiger partial charge >= 0.3 is 0 Å². The van der Waals surface area contributed by atoms with E-state index >= 15 is 0 Å². The predicted molar refractivity (Wildman–Crippen MR) is 77.1 cm³/mol. The topological polar surface area (TPSA) is 38.0 Å². The Morgan fingerprint density at radius 2 is 2.06 bits per heavy atom. The summed E-state index contributed by atoms with van der Waals surface area (Å²) in [6.07, 6.45) is 9.77. The van der Waals surface area contributed by atoms with E-state index in [1.54, 1.807) is 0 Å². The highest BCUT2D eigenvalue weighted by atomic mass is 15.2. The van der Waals surface area contributed by atoms with Gasteiger partial charge in [0.25, 0.3) is 0 Å². The average Bonchev–Trinajstić information content (AvgIpc) is 2.69. The maximum Gasteiger partial charge on any atom is 0.0672 e. The maximum atomic E-state index is 5.82. The zero-order chi connectivity index (χ0) is 12.8. The summed E-state index contributed by atoms with van der Waals surface area (Å²) in [5, 5.41) is 0. The van der Waals surface area contributed by atoms with E-state index in [9.17, 15) is 0 Å². The predicted octanol–water partition coefficient (Wildman–Crippen LogP) is 3.64. The molecule has 0 bridgehead atoms. The molecule has 18 heavy (non-hydrogen) atoms. The van der Waals surface area contributed by atoms with Crippen LogP contribution in [-0.2, 0) is 6.42 Å². The molecule has 2 nitrogen and oxygen atoms in total. The van der Waals surface area contributed by atoms with Crippen molar-refractivity contribution < 1.29 is 0 Å². The number of nitrogens with two attached hydrogens (primary N) is 1. The van der Waals surface area contributed by atoms with E-state index in [-0.39, 0.29) is 6.04 Å². The van der Waals surface area contributed by atoms with Gasteiger partial charge in [-0.3, -0.25) is 5.84 Å². The zero-order valence-electron chi connectivity index (χ0n) is 11.3. The lowest BCUT2D eigenvalue weighted by atomic mass is 9.91. The lowest BCUT2D eigenvalue weighted by Gasteiger charge is -2.22. The standard InChI is InChI=1S/C16H24N2/c1-2-13-9-7-8-12-15(13)16(18-17)14-10-5-3-4-6-11-14/h7-10,12,16,18H,2-6,11,17H2,1H3. The number of aryl methyl sites for hydroxylation is 1. The minimum absolute atomic E-state index is 0.194. The van der Waals surface area contributed by atoms with E-state index in [1.807, 2.05) is 0 Å². The molecule has 0 fully saturated rings. The Kier molecular flexibility index (Phi) is 4.97. The lowest BCUT2D eigenvalue weighted by molar-refractivity contribution is 0.589. The van der Waals surface area contributed by atoms with Crippen LogP contribution in [-0.4, -0.2) is 0 Å². The van der Waals surface area contributed by atoms with E-state index in [2.05, 4.69) is 42.7 Å². The van der Waals surface area contributed by atoms with Gasteiger partial charge < -0.3 is 0 Å². The van der Waals surface area contributed by atoms with Crippen molar-refractivity contribution in [1.29, 1.82) is 0 Å². The van der Waals surface area contributed by atoms with Crippen molar-refractivity contribution in [3.8, 4) is 0 Å². The van der Waals surface area contributed by atoms with Crippen LogP contribution in [0.1, 0.15) is 56.2 Å². The van der Waals surface area contributed by atoms with Crippen LogP contribution in [0, 0.1) is 0 Å². The third-order valence-electron chi connectivity index (χ3n) is 3.86. The first kappa shape index (κ1) is 13.3. The van der Waals surface area contributed by atoms with E-state index < -0.39 is 0 Å². The highest BCUT2D eigenvalue weighted by Gasteiger charge is 2.18. The molecule has 1 aliphatic rings. The van der Waals surface area contributed by atoms with Gasteiger partial charge in [-0.1, -0.05) is 49.3 Å². The molecule has 0 spiro atoms. The molecule has 1 atom stereocenters. The van der Waals surface area contributed by atoms with Gasteiger partial charge in [-0.15, -0.1) is 0 Å². The van der Waals surface area contributed by atoms with E-state index in [0.717, 1.165) is 6.42 Å². The molecule has 0 amide bonds. The van der Waals surface area contributed by atoms with Crippen LogP contribution in [0.25, 0.3) is 0 Å². The molecule has 0 aliphatic heterocycles. The Balaban J connectivity index is 2.29. The molecule has 1 aromatic carbocycles. The average molecular weight is 244 g/mol. The Bertz CT molecular complexity index is 409. The second kappa shape index (κ2) is 6.72. The van der Waals surface area contributed by atoms with Gasteiger partial charge in [0.05, 0.1) is 6.04 Å². The van der Waals surface area contributed by atoms with Crippen LogP contribution >= 0.6 is 0 Å². The van der Waals surface area contributed by atoms with Gasteiger partial charge in [0.15, 0.2) is 0 Å². The highest BCUT2D eigenvalue weighted by Crippen LogP contribution is 2.30. The summed E-state index contributed by atoms with van der Waals surface area (Å²) in [6, 6.07) is 8.82. The fraction of sp³-hybridized carbons (Fsp3) is 0.500. The SMILES string of the molecule is CCc1ccccc1C(NN)C1=CCCCCC1.